The molecule has 2 rings (SSSR count). The first-order chi connectivity index (χ1) is 9.26. The van der Waals surface area contributed by atoms with Crippen LogP contribution in [0.4, 0.5) is 0 Å². The highest BCUT2D eigenvalue weighted by molar-refractivity contribution is 5.92. The summed E-state index contributed by atoms with van der Waals surface area (Å²) in [6.45, 7) is 2.98. The molecule has 6 nitrogen and oxygen atoms in total. The second-order valence-corrected chi connectivity index (χ2v) is 4.01. The average Bonchev–Trinajstić information content (AvgIpc) is 2.88. The SMILES string of the molecule is CCNC(=O)c1cc(-n2ccnc2CCN)ccn1. The van der Waals surface area contributed by atoms with Crippen LogP contribution < -0.4 is 11.1 Å². The molecule has 0 aliphatic heterocycles. The number of nitrogens with two attached hydrogens (primary N) is 1. The van der Waals surface area contributed by atoms with Gasteiger partial charge in [-0.25, -0.2) is 4.98 Å². The number of imidazole rings is 1. The lowest BCUT2D eigenvalue weighted by molar-refractivity contribution is 0.0951. The standard InChI is InChI=1S/C13H17N5O/c1-2-15-13(19)11-9-10(4-6-16-11)18-8-7-17-12(18)3-5-14/h4,6-9H,2-3,5,14H2,1H3,(H,15,19). The van der Waals surface area contributed by atoms with Crippen molar-refractivity contribution < 1.29 is 4.79 Å². The number of nitrogens with one attached hydrogen (secondary N) is 1. The summed E-state index contributed by atoms with van der Waals surface area (Å²) in [5.41, 5.74) is 6.81. The van der Waals surface area contributed by atoms with Gasteiger partial charge in [-0.1, -0.05) is 0 Å². The van der Waals surface area contributed by atoms with Crippen molar-refractivity contribution in [1.82, 2.24) is 19.9 Å². The first-order valence-electron chi connectivity index (χ1n) is 6.23. The maximum Gasteiger partial charge on any atom is 0.269 e. The first-order valence-corrected chi connectivity index (χ1v) is 6.23. The van der Waals surface area contributed by atoms with Crippen LogP contribution in [0.3, 0.4) is 0 Å². The van der Waals surface area contributed by atoms with Crippen LogP contribution in [0.5, 0.6) is 0 Å². The van der Waals surface area contributed by atoms with Crippen molar-refractivity contribution in [1.29, 1.82) is 0 Å². The van der Waals surface area contributed by atoms with Crippen molar-refractivity contribution in [3.05, 3.63) is 42.2 Å². The number of hydrogen-bond acceptors (Lipinski definition) is 4. The second-order valence-electron chi connectivity index (χ2n) is 4.01. The Morgan fingerprint density at radius 1 is 1.42 bits per heavy atom. The van der Waals surface area contributed by atoms with Gasteiger partial charge in [0.25, 0.3) is 5.91 Å². The van der Waals surface area contributed by atoms with Gasteiger partial charge in [-0.05, 0) is 25.6 Å². The van der Waals surface area contributed by atoms with E-state index in [0.717, 1.165) is 11.5 Å². The summed E-state index contributed by atoms with van der Waals surface area (Å²) in [7, 11) is 0. The molecule has 0 bridgehead atoms. The first kappa shape index (κ1) is 13.2. The highest BCUT2D eigenvalue weighted by Gasteiger charge is 2.09. The van der Waals surface area contributed by atoms with Crippen LogP contribution >= 0.6 is 0 Å². The van der Waals surface area contributed by atoms with Crippen LogP contribution in [0.25, 0.3) is 5.69 Å². The molecule has 0 unspecified atom stereocenters. The minimum atomic E-state index is -0.176. The molecule has 0 saturated carbocycles. The largest absolute Gasteiger partial charge is 0.351 e. The van der Waals surface area contributed by atoms with Crippen molar-refractivity contribution in [2.75, 3.05) is 13.1 Å². The Hall–Kier alpha value is -2.21. The molecule has 19 heavy (non-hydrogen) atoms. The Balaban J connectivity index is 2.32. The second kappa shape index (κ2) is 6.10. The summed E-state index contributed by atoms with van der Waals surface area (Å²) in [6.07, 6.45) is 5.87. The number of nitrogens with zero attached hydrogens (tertiary/aromatic N) is 3. The summed E-state index contributed by atoms with van der Waals surface area (Å²) in [5, 5.41) is 2.73. The molecular formula is C13H17N5O. The Kier molecular flexibility index (Phi) is 4.25. The van der Waals surface area contributed by atoms with E-state index >= 15 is 0 Å². The minimum absolute atomic E-state index is 0.176. The molecule has 6 heteroatoms. The number of pyridine rings is 1. The fourth-order valence-corrected chi connectivity index (χ4v) is 1.83. The van der Waals surface area contributed by atoms with Gasteiger partial charge < -0.3 is 15.6 Å². The number of carbonyl (C=O) groups is 1. The quantitative estimate of drug-likeness (QED) is 0.819. The van der Waals surface area contributed by atoms with Gasteiger partial charge >= 0.3 is 0 Å². The molecule has 0 saturated heterocycles. The Labute approximate surface area is 111 Å². The lowest BCUT2D eigenvalue weighted by Gasteiger charge is -2.08. The summed E-state index contributed by atoms with van der Waals surface area (Å²) >= 11 is 0. The lowest BCUT2D eigenvalue weighted by atomic mass is 10.3. The zero-order valence-corrected chi connectivity index (χ0v) is 10.8. The van der Waals surface area contributed by atoms with Crippen molar-refractivity contribution in [2.45, 2.75) is 13.3 Å². The van der Waals surface area contributed by atoms with Crippen molar-refractivity contribution >= 4 is 5.91 Å². The van der Waals surface area contributed by atoms with Gasteiger partial charge in [0.15, 0.2) is 0 Å². The fourth-order valence-electron chi connectivity index (χ4n) is 1.83. The van der Waals surface area contributed by atoms with E-state index in [2.05, 4.69) is 15.3 Å². The van der Waals surface area contributed by atoms with Crippen LogP contribution in [0.1, 0.15) is 23.2 Å². The van der Waals surface area contributed by atoms with Crippen molar-refractivity contribution in [2.24, 2.45) is 5.73 Å². The summed E-state index contributed by atoms with van der Waals surface area (Å²) in [6, 6.07) is 3.58. The van der Waals surface area contributed by atoms with E-state index in [1.807, 2.05) is 23.8 Å². The van der Waals surface area contributed by atoms with Gasteiger partial charge in [0, 0.05) is 31.6 Å². The van der Waals surface area contributed by atoms with Gasteiger partial charge in [-0.3, -0.25) is 9.78 Å². The average molecular weight is 259 g/mol. The maximum absolute atomic E-state index is 11.8. The molecule has 0 spiro atoms. The number of aromatic nitrogens is 3. The molecule has 0 atom stereocenters. The van der Waals surface area contributed by atoms with Gasteiger partial charge in [-0.2, -0.15) is 0 Å². The summed E-state index contributed by atoms with van der Waals surface area (Å²) in [4.78, 5) is 20.1. The Morgan fingerprint density at radius 2 is 2.26 bits per heavy atom. The van der Waals surface area contributed by atoms with Crippen molar-refractivity contribution in [3.63, 3.8) is 0 Å². The topological polar surface area (TPSA) is 85.8 Å². The fraction of sp³-hybridized carbons (Fsp3) is 0.308. The van der Waals surface area contributed by atoms with E-state index < -0.39 is 0 Å². The molecule has 3 N–H and O–H groups in total. The molecule has 0 aliphatic rings. The molecule has 0 aromatic carbocycles. The number of amides is 1. The minimum Gasteiger partial charge on any atom is -0.351 e. The zero-order valence-electron chi connectivity index (χ0n) is 10.8. The zero-order chi connectivity index (χ0) is 13.7. The van der Waals surface area contributed by atoms with Crippen molar-refractivity contribution in [3.8, 4) is 5.69 Å². The van der Waals surface area contributed by atoms with Crippen LogP contribution in [-0.2, 0) is 6.42 Å². The van der Waals surface area contributed by atoms with Gasteiger partial charge in [0.2, 0.25) is 0 Å². The molecule has 0 aliphatic carbocycles. The van der Waals surface area contributed by atoms with Crippen LogP contribution in [0, 0.1) is 0 Å². The molecule has 1 amide bonds. The third-order valence-corrected chi connectivity index (χ3v) is 2.68. The highest BCUT2D eigenvalue weighted by Crippen LogP contribution is 2.11. The third kappa shape index (κ3) is 2.97. The normalized spacial score (nSPS) is 10.4. The summed E-state index contributed by atoms with van der Waals surface area (Å²) < 4.78 is 1.91. The molecule has 0 radical (unpaired) electrons. The monoisotopic (exact) mass is 259 g/mol. The lowest BCUT2D eigenvalue weighted by Crippen LogP contribution is -2.23. The molecule has 2 heterocycles. The molecule has 0 fully saturated rings. The van der Waals surface area contributed by atoms with E-state index in [1.165, 1.54) is 0 Å². The molecule has 100 valence electrons. The van der Waals surface area contributed by atoms with E-state index in [1.54, 1.807) is 18.5 Å². The third-order valence-electron chi connectivity index (χ3n) is 2.68. The predicted octanol–water partition coefficient (Wildman–Crippen LogP) is 0.518. The maximum atomic E-state index is 11.8. The van der Waals surface area contributed by atoms with Gasteiger partial charge in [0.05, 0.1) is 5.69 Å². The van der Waals surface area contributed by atoms with Gasteiger partial charge in [-0.15, -0.1) is 0 Å². The van der Waals surface area contributed by atoms with Crippen LogP contribution in [0.2, 0.25) is 0 Å². The van der Waals surface area contributed by atoms with Gasteiger partial charge in [0.1, 0.15) is 11.5 Å². The predicted molar refractivity (Wildman–Crippen MR) is 72.1 cm³/mol. The summed E-state index contributed by atoms with van der Waals surface area (Å²) in [5.74, 6) is 0.695. The number of carbonyl (C=O) groups excluding carboxylic acids is 1. The molecule has 2 aromatic rings. The smallest absolute Gasteiger partial charge is 0.269 e. The molecule has 2 aromatic heterocycles. The molecular weight excluding hydrogens is 242 g/mol. The van der Waals surface area contributed by atoms with Crippen LogP contribution in [0.15, 0.2) is 30.7 Å². The number of hydrogen-bond donors (Lipinski definition) is 2. The Bertz CT molecular complexity index is 564. The van der Waals surface area contributed by atoms with E-state index in [0.29, 0.717) is 25.2 Å². The number of rotatable bonds is 5. The van der Waals surface area contributed by atoms with Crippen LogP contribution in [-0.4, -0.2) is 33.5 Å². The van der Waals surface area contributed by atoms with E-state index in [9.17, 15) is 4.79 Å². The highest BCUT2D eigenvalue weighted by atomic mass is 16.1. The van der Waals surface area contributed by atoms with E-state index in [4.69, 9.17) is 5.73 Å². The Morgan fingerprint density at radius 3 is 3.00 bits per heavy atom. The van der Waals surface area contributed by atoms with E-state index in [-0.39, 0.29) is 5.91 Å².